The van der Waals surface area contributed by atoms with Crippen LogP contribution in [0.3, 0.4) is 0 Å². The number of rotatable bonds is 4. The van der Waals surface area contributed by atoms with Gasteiger partial charge in [-0.2, -0.15) is 18.3 Å². The van der Waals surface area contributed by atoms with E-state index in [9.17, 15) is 18.0 Å². The number of hydrogen-bond acceptors (Lipinski definition) is 4. The summed E-state index contributed by atoms with van der Waals surface area (Å²) in [6, 6.07) is 12.0. The number of benzene rings is 2. The van der Waals surface area contributed by atoms with Crippen molar-refractivity contribution in [2.45, 2.75) is 31.5 Å². The van der Waals surface area contributed by atoms with Crippen LogP contribution in [-0.4, -0.2) is 42.3 Å². The first-order valence-electron chi connectivity index (χ1n) is 10.9. The molecule has 5 rings (SSSR count). The minimum Gasteiger partial charge on any atom is -0.330 e. The Morgan fingerprint density at radius 3 is 2.53 bits per heavy atom. The van der Waals surface area contributed by atoms with Crippen LogP contribution in [-0.2, 0) is 6.18 Å². The summed E-state index contributed by atoms with van der Waals surface area (Å²) in [5.41, 5.74) is 2.64. The minimum atomic E-state index is -4.40. The Bertz CT molecular complexity index is 1280. The van der Waals surface area contributed by atoms with Crippen LogP contribution in [0.4, 0.5) is 13.2 Å². The molecule has 1 atom stereocenters. The first-order chi connectivity index (χ1) is 16.4. The highest BCUT2D eigenvalue weighted by atomic mass is 19.4. The summed E-state index contributed by atoms with van der Waals surface area (Å²) in [6.07, 6.45) is 2.86. The van der Waals surface area contributed by atoms with E-state index in [1.54, 1.807) is 35.6 Å². The molecule has 3 heterocycles. The number of nitrogens with zero attached hydrogens (tertiary/aromatic N) is 5. The van der Waals surface area contributed by atoms with Crippen LogP contribution in [0.25, 0.3) is 16.8 Å². The Morgan fingerprint density at radius 1 is 1.03 bits per heavy atom. The van der Waals surface area contributed by atoms with Gasteiger partial charge in [0.15, 0.2) is 0 Å². The SMILES string of the molecule is O=C(c1cccc(-n2cnnc2)c1)N1CCCC[C@H]1c1[nH]ncc1-c1ccc(C(F)(F)F)cc1. The second-order valence-corrected chi connectivity index (χ2v) is 8.20. The van der Waals surface area contributed by atoms with Crippen LogP contribution in [0.2, 0.25) is 0 Å². The van der Waals surface area contributed by atoms with Crippen molar-refractivity contribution < 1.29 is 18.0 Å². The fraction of sp³-hybridized carbons (Fsp3) is 0.250. The summed E-state index contributed by atoms with van der Waals surface area (Å²) in [7, 11) is 0. The number of piperidine rings is 1. The van der Waals surface area contributed by atoms with Gasteiger partial charge >= 0.3 is 6.18 Å². The molecule has 0 radical (unpaired) electrons. The van der Waals surface area contributed by atoms with Crippen molar-refractivity contribution in [2.75, 3.05) is 6.54 Å². The molecule has 1 fully saturated rings. The molecule has 1 N–H and O–H groups in total. The molecule has 0 saturated carbocycles. The summed E-state index contributed by atoms with van der Waals surface area (Å²) in [4.78, 5) is 15.4. The molecule has 2 aromatic heterocycles. The van der Waals surface area contributed by atoms with Gasteiger partial charge in [-0.25, -0.2) is 0 Å². The zero-order chi connectivity index (χ0) is 23.7. The van der Waals surface area contributed by atoms with Crippen molar-refractivity contribution in [1.82, 2.24) is 29.9 Å². The van der Waals surface area contributed by atoms with Gasteiger partial charge in [0.05, 0.1) is 23.5 Å². The standard InChI is InChI=1S/C24H21F3N6O/c25-24(26,27)18-9-7-16(8-10-18)20-13-28-31-22(20)21-6-1-2-11-33(21)23(34)17-4-3-5-19(12-17)32-14-29-30-15-32/h3-5,7-10,12-15,21H,1-2,6,11H2,(H,28,31)/t21-/m0/s1. The molecule has 7 nitrogen and oxygen atoms in total. The second kappa shape index (κ2) is 8.77. The lowest BCUT2D eigenvalue weighted by Gasteiger charge is -2.36. The molecule has 2 aromatic carbocycles. The maximum Gasteiger partial charge on any atom is 0.416 e. The topological polar surface area (TPSA) is 79.7 Å². The maximum absolute atomic E-state index is 13.6. The van der Waals surface area contributed by atoms with Crippen LogP contribution in [0, 0.1) is 0 Å². The van der Waals surface area contributed by atoms with Crippen LogP contribution in [0.15, 0.2) is 67.4 Å². The number of aromatic amines is 1. The van der Waals surface area contributed by atoms with E-state index in [1.165, 1.54) is 12.1 Å². The average molecular weight is 466 g/mol. The number of likely N-dealkylation sites (tertiary alicyclic amines) is 1. The number of alkyl halides is 3. The van der Waals surface area contributed by atoms with E-state index in [2.05, 4.69) is 20.4 Å². The molecule has 0 unspecified atom stereocenters. The van der Waals surface area contributed by atoms with Crippen LogP contribution in [0.5, 0.6) is 0 Å². The highest BCUT2D eigenvalue weighted by Crippen LogP contribution is 2.37. The van der Waals surface area contributed by atoms with Crippen molar-refractivity contribution in [1.29, 1.82) is 0 Å². The third-order valence-electron chi connectivity index (χ3n) is 6.10. The first kappa shape index (κ1) is 21.9. The lowest BCUT2D eigenvalue weighted by Crippen LogP contribution is -2.39. The number of H-pyrrole nitrogens is 1. The number of carbonyl (C=O) groups is 1. The smallest absolute Gasteiger partial charge is 0.330 e. The Morgan fingerprint density at radius 2 is 1.79 bits per heavy atom. The number of aromatic nitrogens is 5. The zero-order valence-corrected chi connectivity index (χ0v) is 18.0. The Kier molecular flexibility index (Phi) is 5.64. The van der Waals surface area contributed by atoms with Gasteiger partial charge in [-0.15, -0.1) is 10.2 Å². The summed E-state index contributed by atoms with van der Waals surface area (Å²) in [6.45, 7) is 0.575. The van der Waals surface area contributed by atoms with Crippen LogP contribution in [0.1, 0.15) is 46.9 Å². The first-order valence-corrected chi connectivity index (χ1v) is 10.9. The van der Waals surface area contributed by atoms with Gasteiger partial charge in [-0.3, -0.25) is 14.5 Å². The third kappa shape index (κ3) is 4.18. The van der Waals surface area contributed by atoms with E-state index in [4.69, 9.17) is 0 Å². The molecule has 174 valence electrons. The van der Waals surface area contributed by atoms with Crippen molar-refractivity contribution in [2.24, 2.45) is 0 Å². The summed E-state index contributed by atoms with van der Waals surface area (Å²) < 4.78 is 40.7. The molecular weight excluding hydrogens is 445 g/mol. The van der Waals surface area contributed by atoms with Crippen molar-refractivity contribution >= 4 is 5.91 Å². The van der Waals surface area contributed by atoms with E-state index in [0.29, 0.717) is 23.2 Å². The van der Waals surface area contributed by atoms with E-state index in [-0.39, 0.29) is 11.9 Å². The van der Waals surface area contributed by atoms with Crippen molar-refractivity contribution in [3.63, 3.8) is 0 Å². The fourth-order valence-corrected chi connectivity index (χ4v) is 4.39. The lowest BCUT2D eigenvalue weighted by molar-refractivity contribution is -0.137. The fourth-order valence-electron chi connectivity index (χ4n) is 4.39. The van der Waals surface area contributed by atoms with Gasteiger partial charge in [-0.05, 0) is 55.2 Å². The van der Waals surface area contributed by atoms with Gasteiger partial charge in [0.1, 0.15) is 12.7 Å². The number of amides is 1. The maximum atomic E-state index is 13.6. The number of nitrogens with one attached hydrogen (secondary N) is 1. The van der Waals surface area contributed by atoms with Gasteiger partial charge < -0.3 is 4.90 Å². The molecule has 1 aliphatic heterocycles. The number of halogens is 3. The van der Waals surface area contributed by atoms with E-state index < -0.39 is 11.7 Å². The van der Waals surface area contributed by atoms with Crippen LogP contribution < -0.4 is 0 Å². The summed E-state index contributed by atoms with van der Waals surface area (Å²) in [5.74, 6) is -0.118. The Balaban J connectivity index is 1.45. The monoisotopic (exact) mass is 466 g/mol. The van der Waals surface area contributed by atoms with Crippen LogP contribution >= 0.6 is 0 Å². The summed E-state index contributed by atoms with van der Waals surface area (Å²) >= 11 is 0. The average Bonchev–Trinajstić information content (AvgIpc) is 3.56. The van der Waals surface area contributed by atoms with Gasteiger partial charge in [-0.1, -0.05) is 18.2 Å². The van der Waals surface area contributed by atoms with Crippen molar-refractivity contribution in [3.8, 4) is 16.8 Å². The minimum absolute atomic E-state index is 0.118. The van der Waals surface area contributed by atoms with Gasteiger partial charge in [0.2, 0.25) is 0 Å². The highest BCUT2D eigenvalue weighted by Gasteiger charge is 2.33. The quantitative estimate of drug-likeness (QED) is 0.457. The van der Waals surface area contributed by atoms with E-state index in [0.717, 1.165) is 42.8 Å². The second-order valence-electron chi connectivity index (χ2n) is 8.20. The molecule has 0 bridgehead atoms. The molecule has 1 saturated heterocycles. The predicted octanol–water partition coefficient (Wildman–Crippen LogP) is 5.04. The number of hydrogen-bond donors (Lipinski definition) is 1. The molecule has 10 heteroatoms. The van der Waals surface area contributed by atoms with E-state index >= 15 is 0 Å². The molecule has 0 aliphatic carbocycles. The van der Waals surface area contributed by atoms with Gasteiger partial charge in [0.25, 0.3) is 5.91 Å². The lowest BCUT2D eigenvalue weighted by atomic mass is 9.93. The third-order valence-corrected chi connectivity index (χ3v) is 6.10. The zero-order valence-electron chi connectivity index (χ0n) is 18.0. The largest absolute Gasteiger partial charge is 0.416 e. The molecule has 34 heavy (non-hydrogen) atoms. The molecule has 1 aliphatic rings. The predicted molar refractivity (Wildman–Crippen MR) is 118 cm³/mol. The van der Waals surface area contributed by atoms with E-state index in [1.807, 2.05) is 17.0 Å². The molecule has 4 aromatic rings. The Hall–Kier alpha value is -3.95. The molecular formula is C24H21F3N6O. The molecule has 1 amide bonds. The number of carbonyl (C=O) groups excluding carboxylic acids is 1. The highest BCUT2D eigenvalue weighted by molar-refractivity contribution is 5.95. The summed E-state index contributed by atoms with van der Waals surface area (Å²) in [5, 5.41) is 14.8. The van der Waals surface area contributed by atoms with Gasteiger partial charge in [0, 0.05) is 23.4 Å². The molecule has 0 spiro atoms. The van der Waals surface area contributed by atoms with Crippen molar-refractivity contribution in [3.05, 3.63) is 84.2 Å². The Labute approximate surface area is 193 Å². The normalized spacial score (nSPS) is 16.6.